The highest BCUT2D eigenvalue weighted by atomic mass is 15.0. The average molecular weight is 283 g/mol. The van der Waals surface area contributed by atoms with E-state index in [1.165, 1.54) is 22.5 Å². The number of fused-ring (bicyclic) bond motifs is 1. The summed E-state index contributed by atoms with van der Waals surface area (Å²) in [5.74, 6) is 0. The van der Waals surface area contributed by atoms with E-state index < -0.39 is 0 Å². The van der Waals surface area contributed by atoms with Gasteiger partial charge in [0.25, 0.3) is 0 Å². The summed E-state index contributed by atoms with van der Waals surface area (Å²) in [4.78, 5) is 4.58. The van der Waals surface area contributed by atoms with Gasteiger partial charge >= 0.3 is 0 Å². The first kappa shape index (κ1) is 14.3. The lowest BCUT2D eigenvalue weighted by Gasteiger charge is -2.34. The Balaban J connectivity index is 1.95. The second-order valence-corrected chi connectivity index (χ2v) is 6.96. The molecule has 0 radical (unpaired) electrons. The maximum Gasteiger partial charge on any atom is 0.0648 e. The number of pyridine rings is 1. The molecular weight excluding hydrogens is 258 g/mol. The Morgan fingerprint density at radius 3 is 2.95 bits per heavy atom. The Bertz CT molecular complexity index is 640. The van der Waals surface area contributed by atoms with Gasteiger partial charge in [0.05, 0.1) is 12.2 Å². The standard InChI is InChI=1S/C18H25N3/c1-4-13-6-5-8-20-16(13)12-21-9-7-14-15(19)10-18(2,3)11-17(14)21/h5-9,15H,4,10-12,19H2,1-3H3. The topological polar surface area (TPSA) is 43.8 Å². The van der Waals surface area contributed by atoms with Crippen LogP contribution in [0.2, 0.25) is 0 Å². The number of rotatable bonds is 3. The van der Waals surface area contributed by atoms with E-state index in [0.29, 0.717) is 0 Å². The summed E-state index contributed by atoms with van der Waals surface area (Å²) < 4.78 is 2.34. The molecule has 0 aliphatic heterocycles. The molecule has 1 unspecified atom stereocenters. The summed E-state index contributed by atoms with van der Waals surface area (Å²) >= 11 is 0. The van der Waals surface area contributed by atoms with E-state index in [4.69, 9.17) is 5.73 Å². The van der Waals surface area contributed by atoms with Crippen LogP contribution in [0.15, 0.2) is 30.6 Å². The number of hydrogen-bond donors (Lipinski definition) is 1. The molecule has 1 aliphatic carbocycles. The van der Waals surface area contributed by atoms with Crippen LogP contribution >= 0.6 is 0 Å². The molecule has 1 atom stereocenters. The highest BCUT2D eigenvalue weighted by molar-refractivity contribution is 5.31. The molecule has 21 heavy (non-hydrogen) atoms. The second kappa shape index (κ2) is 5.30. The molecule has 2 heterocycles. The van der Waals surface area contributed by atoms with Crippen molar-refractivity contribution in [2.75, 3.05) is 0 Å². The molecule has 0 saturated heterocycles. The van der Waals surface area contributed by atoms with E-state index in [0.717, 1.165) is 25.8 Å². The summed E-state index contributed by atoms with van der Waals surface area (Å²) in [5.41, 5.74) is 11.9. The molecule has 0 amide bonds. The van der Waals surface area contributed by atoms with Gasteiger partial charge < -0.3 is 10.3 Å². The lowest BCUT2D eigenvalue weighted by Crippen LogP contribution is -2.30. The smallest absolute Gasteiger partial charge is 0.0648 e. The summed E-state index contributed by atoms with van der Waals surface area (Å²) in [5, 5.41) is 0. The molecule has 0 fully saturated rings. The predicted octanol–water partition coefficient (Wildman–Crippen LogP) is 3.47. The first-order chi connectivity index (χ1) is 10.00. The summed E-state index contributed by atoms with van der Waals surface area (Å²) in [7, 11) is 0. The van der Waals surface area contributed by atoms with Crippen LogP contribution in [0.3, 0.4) is 0 Å². The van der Waals surface area contributed by atoms with Gasteiger partial charge in [0.15, 0.2) is 0 Å². The summed E-state index contributed by atoms with van der Waals surface area (Å²) in [6.45, 7) is 7.66. The molecule has 3 rings (SSSR count). The van der Waals surface area contributed by atoms with Crippen LogP contribution in [0, 0.1) is 5.41 Å². The predicted molar refractivity (Wildman–Crippen MR) is 86.2 cm³/mol. The van der Waals surface area contributed by atoms with Crippen molar-refractivity contribution in [2.45, 2.75) is 52.6 Å². The highest BCUT2D eigenvalue weighted by Crippen LogP contribution is 2.40. The van der Waals surface area contributed by atoms with Gasteiger partial charge in [-0.2, -0.15) is 0 Å². The number of nitrogens with zero attached hydrogens (tertiary/aromatic N) is 2. The van der Waals surface area contributed by atoms with Crippen molar-refractivity contribution >= 4 is 0 Å². The van der Waals surface area contributed by atoms with E-state index in [2.05, 4.69) is 48.7 Å². The van der Waals surface area contributed by atoms with Crippen molar-refractivity contribution in [3.8, 4) is 0 Å². The molecule has 2 N–H and O–H groups in total. The van der Waals surface area contributed by atoms with Crippen LogP contribution in [0.5, 0.6) is 0 Å². The molecule has 1 aliphatic rings. The Labute approximate surface area is 127 Å². The van der Waals surface area contributed by atoms with Crippen molar-refractivity contribution in [1.29, 1.82) is 0 Å². The third-order valence-corrected chi connectivity index (χ3v) is 4.62. The minimum atomic E-state index is 0.166. The maximum atomic E-state index is 6.36. The largest absolute Gasteiger partial charge is 0.345 e. The fourth-order valence-electron chi connectivity index (χ4n) is 3.54. The van der Waals surface area contributed by atoms with Gasteiger partial charge in [0.1, 0.15) is 0 Å². The molecule has 3 heteroatoms. The van der Waals surface area contributed by atoms with E-state index in [1.54, 1.807) is 0 Å². The van der Waals surface area contributed by atoms with Crippen molar-refractivity contribution in [3.05, 3.63) is 53.1 Å². The number of nitrogens with two attached hydrogens (primary N) is 1. The normalized spacial score (nSPS) is 20.3. The van der Waals surface area contributed by atoms with Gasteiger partial charge in [-0.05, 0) is 47.9 Å². The minimum absolute atomic E-state index is 0.166. The molecule has 0 bridgehead atoms. The van der Waals surface area contributed by atoms with Crippen LogP contribution in [0.4, 0.5) is 0 Å². The summed E-state index contributed by atoms with van der Waals surface area (Å²) in [6.07, 6.45) is 7.25. The summed E-state index contributed by atoms with van der Waals surface area (Å²) in [6, 6.07) is 6.56. The molecule has 3 nitrogen and oxygen atoms in total. The van der Waals surface area contributed by atoms with E-state index in [9.17, 15) is 0 Å². The van der Waals surface area contributed by atoms with Gasteiger partial charge in [-0.15, -0.1) is 0 Å². The van der Waals surface area contributed by atoms with E-state index in [-0.39, 0.29) is 11.5 Å². The molecule has 112 valence electrons. The molecule has 0 spiro atoms. The fraction of sp³-hybridized carbons (Fsp3) is 0.500. The van der Waals surface area contributed by atoms with Gasteiger partial charge in [0, 0.05) is 24.1 Å². The van der Waals surface area contributed by atoms with Crippen molar-refractivity contribution < 1.29 is 0 Å². The van der Waals surface area contributed by atoms with Crippen molar-refractivity contribution in [1.82, 2.24) is 9.55 Å². The first-order valence-corrected chi connectivity index (χ1v) is 7.86. The third kappa shape index (κ3) is 2.75. The fourth-order valence-corrected chi connectivity index (χ4v) is 3.54. The average Bonchev–Trinajstić information content (AvgIpc) is 2.81. The molecule has 2 aromatic heterocycles. The van der Waals surface area contributed by atoms with Crippen LogP contribution in [0.1, 0.15) is 55.7 Å². The Kier molecular flexibility index (Phi) is 3.62. The van der Waals surface area contributed by atoms with Crippen molar-refractivity contribution in [3.63, 3.8) is 0 Å². The lowest BCUT2D eigenvalue weighted by atomic mass is 9.74. The lowest BCUT2D eigenvalue weighted by molar-refractivity contribution is 0.276. The van der Waals surface area contributed by atoms with Gasteiger partial charge in [-0.25, -0.2) is 0 Å². The van der Waals surface area contributed by atoms with Crippen LogP contribution in [-0.4, -0.2) is 9.55 Å². The first-order valence-electron chi connectivity index (χ1n) is 7.86. The zero-order chi connectivity index (χ0) is 15.0. The van der Waals surface area contributed by atoms with Gasteiger partial charge in [0.2, 0.25) is 0 Å². The maximum absolute atomic E-state index is 6.36. The Hall–Kier alpha value is -1.61. The number of aryl methyl sites for hydroxylation is 1. The quantitative estimate of drug-likeness (QED) is 0.937. The molecule has 0 saturated carbocycles. The molecule has 2 aromatic rings. The second-order valence-electron chi connectivity index (χ2n) is 6.96. The minimum Gasteiger partial charge on any atom is -0.345 e. The van der Waals surface area contributed by atoms with Crippen LogP contribution in [-0.2, 0) is 19.4 Å². The zero-order valence-corrected chi connectivity index (χ0v) is 13.3. The molecule has 0 aromatic carbocycles. The zero-order valence-electron chi connectivity index (χ0n) is 13.3. The highest BCUT2D eigenvalue weighted by Gasteiger charge is 2.32. The van der Waals surface area contributed by atoms with Crippen LogP contribution < -0.4 is 5.73 Å². The van der Waals surface area contributed by atoms with E-state index >= 15 is 0 Å². The molecular formula is C18H25N3. The number of aromatic nitrogens is 2. The van der Waals surface area contributed by atoms with E-state index in [1.807, 2.05) is 12.3 Å². The Morgan fingerprint density at radius 1 is 1.38 bits per heavy atom. The Morgan fingerprint density at radius 2 is 2.19 bits per heavy atom. The van der Waals surface area contributed by atoms with Gasteiger partial charge in [-0.1, -0.05) is 26.8 Å². The monoisotopic (exact) mass is 283 g/mol. The number of hydrogen-bond acceptors (Lipinski definition) is 2. The third-order valence-electron chi connectivity index (χ3n) is 4.62. The van der Waals surface area contributed by atoms with Crippen molar-refractivity contribution in [2.24, 2.45) is 11.1 Å². The van der Waals surface area contributed by atoms with Gasteiger partial charge in [-0.3, -0.25) is 4.98 Å². The SMILES string of the molecule is CCc1cccnc1Cn1ccc2c1CC(C)(C)CC2N. The van der Waals surface area contributed by atoms with Crippen LogP contribution in [0.25, 0.3) is 0 Å².